The summed E-state index contributed by atoms with van der Waals surface area (Å²) in [6, 6.07) is 5.82. The summed E-state index contributed by atoms with van der Waals surface area (Å²) in [5.41, 5.74) is 11.5. The second-order valence-electron chi connectivity index (χ2n) is 8.54. The Morgan fingerprint density at radius 3 is 2.52 bits per heavy atom. The maximum atomic E-state index is 14.5. The standard InChI is InChI=1S/C24H24F3N5O/c1-12-7-13(9-14(28)8-12)15-5-6-30-11-20(15)31-24(33)23-19(29)10-18(27)22(32-23)21-16(25)3-2-4-17(21)26/h2-6,10-14H,7-9,28-29H2,1H3,(H,31,33). The van der Waals surface area contributed by atoms with Crippen LogP contribution in [0.2, 0.25) is 0 Å². The molecular formula is C24H24F3N5O. The molecule has 0 saturated heterocycles. The van der Waals surface area contributed by atoms with Crippen LogP contribution in [0.3, 0.4) is 0 Å². The van der Waals surface area contributed by atoms with E-state index >= 15 is 0 Å². The molecule has 5 N–H and O–H groups in total. The molecule has 2 aromatic heterocycles. The van der Waals surface area contributed by atoms with E-state index in [-0.39, 0.29) is 23.3 Å². The smallest absolute Gasteiger partial charge is 0.276 e. The lowest BCUT2D eigenvalue weighted by molar-refractivity contribution is 0.102. The Kier molecular flexibility index (Phi) is 6.33. The summed E-state index contributed by atoms with van der Waals surface area (Å²) in [6.07, 6.45) is 5.77. The highest BCUT2D eigenvalue weighted by atomic mass is 19.1. The minimum Gasteiger partial charge on any atom is -0.397 e. The first-order chi connectivity index (χ1) is 15.7. The van der Waals surface area contributed by atoms with Gasteiger partial charge in [0.25, 0.3) is 5.91 Å². The third-order valence-corrected chi connectivity index (χ3v) is 5.94. The predicted molar refractivity (Wildman–Crippen MR) is 120 cm³/mol. The molecule has 0 radical (unpaired) electrons. The Bertz CT molecular complexity index is 1170. The van der Waals surface area contributed by atoms with Crippen molar-refractivity contribution in [3.05, 3.63) is 71.4 Å². The van der Waals surface area contributed by atoms with Crippen molar-refractivity contribution in [2.45, 2.75) is 38.1 Å². The van der Waals surface area contributed by atoms with E-state index in [1.54, 1.807) is 6.20 Å². The molecule has 3 unspecified atom stereocenters. The molecule has 3 atom stereocenters. The van der Waals surface area contributed by atoms with Gasteiger partial charge in [-0.2, -0.15) is 0 Å². The van der Waals surface area contributed by atoms with E-state index in [0.717, 1.165) is 49.1 Å². The van der Waals surface area contributed by atoms with Gasteiger partial charge in [0.05, 0.1) is 23.1 Å². The first kappa shape index (κ1) is 22.7. The Balaban J connectivity index is 1.68. The number of benzene rings is 1. The lowest BCUT2D eigenvalue weighted by Crippen LogP contribution is -2.31. The molecule has 1 aliphatic rings. The molecule has 1 saturated carbocycles. The van der Waals surface area contributed by atoms with Gasteiger partial charge < -0.3 is 16.8 Å². The second-order valence-corrected chi connectivity index (χ2v) is 8.54. The topological polar surface area (TPSA) is 107 Å². The van der Waals surface area contributed by atoms with Crippen LogP contribution in [0, 0.1) is 23.4 Å². The van der Waals surface area contributed by atoms with E-state index in [2.05, 4.69) is 22.2 Å². The Morgan fingerprint density at radius 1 is 1.09 bits per heavy atom. The zero-order chi connectivity index (χ0) is 23.7. The third-order valence-electron chi connectivity index (χ3n) is 5.94. The third kappa shape index (κ3) is 4.68. The van der Waals surface area contributed by atoms with Gasteiger partial charge in [-0.1, -0.05) is 13.0 Å². The van der Waals surface area contributed by atoms with Crippen molar-refractivity contribution in [1.29, 1.82) is 0 Å². The highest BCUT2D eigenvalue weighted by Crippen LogP contribution is 2.38. The van der Waals surface area contributed by atoms with Crippen molar-refractivity contribution < 1.29 is 18.0 Å². The second kappa shape index (κ2) is 9.19. The number of nitrogens with two attached hydrogens (primary N) is 2. The summed E-state index contributed by atoms with van der Waals surface area (Å²) < 4.78 is 43.0. The number of hydrogen-bond acceptors (Lipinski definition) is 5. The van der Waals surface area contributed by atoms with Gasteiger partial charge in [-0.05, 0) is 54.9 Å². The Labute approximate surface area is 189 Å². The molecule has 33 heavy (non-hydrogen) atoms. The van der Waals surface area contributed by atoms with Crippen LogP contribution < -0.4 is 16.8 Å². The molecule has 2 heterocycles. The number of rotatable bonds is 4. The summed E-state index contributed by atoms with van der Waals surface area (Å²) in [5.74, 6) is -3.23. The van der Waals surface area contributed by atoms with Crippen LogP contribution in [-0.4, -0.2) is 21.9 Å². The monoisotopic (exact) mass is 455 g/mol. The number of carbonyl (C=O) groups excluding carboxylic acids is 1. The number of nitrogens with zero attached hydrogens (tertiary/aromatic N) is 2. The number of pyridine rings is 2. The van der Waals surface area contributed by atoms with E-state index in [1.165, 1.54) is 6.20 Å². The zero-order valence-electron chi connectivity index (χ0n) is 18.0. The Morgan fingerprint density at radius 2 is 1.82 bits per heavy atom. The van der Waals surface area contributed by atoms with Crippen molar-refractivity contribution in [2.75, 3.05) is 11.1 Å². The lowest BCUT2D eigenvalue weighted by atomic mass is 9.76. The van der Waals surface area contributed by atoms with Gasteiger partial charge in [-0.25, -0.2) is 18.2 Å². The summed E-state index contributed by atoms with van der Waals surface area (Å²) >= 11 is 0. The summed E-state index contributed by atoms with van der Waals surface area (Å²) in [6.45, 7) is 2.14. The van der Waals surface area contributed by atoms with E-state index in [9.17, 15) is 18.0 Å². The first-order valence-corrected chi connectivity index (χ1v) is 10.7. The summed E-state index contributed by atoms with van der Waals surface area (Å²) in [5, 5.41) is 2.73. The van der Waals surface area contributed by atoms with Crippen LogP contribution in [0.5, 0.6) is 0 Å². The highest BCUT2D eigenvalue weighted by Gasteiger charge is 2.28. The van der Waals surface area contributed by atoms with Gasteiger partial charge in [-0.15, -0.1) is 0 Å². The maximum Gasteiger partial charge on any atom is 0.276 e. The van der Waals surface area contributed by atoms with Gasteiger partial charge >= 0.3 is 0 Å². The molecule has 1 amide bonds. The van der Waals surface area contributed by atoms with Crippen LogP contribution in [0.1, 0.15) is 48.2 Å². The molecule has 1 aromatic carbocycles. The van der Waals surface area contributed by atoms with E-state index < -0.39 is 34.6 Å². The van der Waals surface area contributed by atoms with Crippen LogP contribution >= 0.6 is 0 Å². The fourth-order valence-corrected chi connectivity index (χ4v) is 4.54. The van der Waals surface area contributed by atoms with E-state index in [4.69, 9.17) is 11.5 Å². The van der Waals surface area contributed by atoms with Crippen molar-refractivity contribution in [3.63, 3.8) is 0 Å². The van der Waals surface area contributed by atoms with Crippen LogP contribution in [0.25, 0.3) is 11.3 Å². The van der Waals surface area contributed by atoms with Crippen LogP contribution in [0.15, 0.2) is 42.7 Å². The molecule has 6 nitrogen and oxygen atoms in total. The lowest BCUT2D eigenvalue weighted by Gasteiger charge is -2.32. The van der Waals surface area contributed by atoms with Gasteiger partial charge in [0.1, 0.15) is 17.3 Å². The Hall–Kier alpha value is -3.46. The molecule has 9 heteroatoms. The summed E-state index contributed by atoms with van der Waals surface area (Å²) in [7, 11) is 0. The average Bonchev–Trinajstić information content (AvgIpc) is 2.74. The number of anilines is 2. The highest BCUT2D eigenvalue weighted by molar-refractivity contribution is 6.06. The van der Waals surface area contributed by atoms with E-state index in [1.807, 2.05) is 6.07 Å². The molecule has 0 aliphatic heterocycles. The number of aromatic nitrogens is 2. The fraction of sp³-hybridized carbons (Fsp3) is 0.292. The maximum absolute atomic E-state index is 14.5. The van der Waals surface area contributed by atoms with Gasteiger partial charge in [-0.3, -0.25) is 9.78 Å². The van der Waals surface area contributed by atoms with Crippen molar-refractivity contribution in [2.24, 2.45) is 11.7 Å². The van der Waals surface area contributed by atoms with Crippen molar-refractivity contribution >= 4 is 17.3 Å². The predicted octanol–water partition coefficient (Wildman–Crippen LogP) is 4.63. The number of carbonyl (C=O) groups is 1. The number of hydrogen-bond donors (Lipinski definition) is 3. The van der Waals surface area contributed by atoms with Crippen LogP contribution in [0.4, 0.5) is 24.5 Å². The van der Waals surface area contributed by atoms with Gasteiger partial charge in [0.15, 0.2) is 11.5 Å². The van der Waals surface area contributed by atoms with Crippen molar-refractivity contribution in [1.82, 2.24) is 9.97 Å². The summed E-state index contributed by atoms with van der Waals surface area (Å²) in [4.78, 5) is 21.0. The minimum atomic E-state index is -1.04. The first-order valence-electron chi connectivity index (χ1n) is 10.7. The number of amides is 1. The largest absolute Gasteiger partial charge is 0.397 e. The molecular weight excluding hydrogens is 431 g/mol. The number of nitrogen functional groups attached to an aromatic ring is 1. The number of nitrogens with one attached hydrogen (secondary N) is 1. The fourth-order valence-electron chi connectivity index (χ4n) is 4.54. The molecule has 3 aromatic rings. The van der Waals surface area contributed by atoms with Gasteiger partial charge in [0.2, 0.25) is 0 Å². The normalized spacial score (nSPS) is 20.5. The van der Waals surface area contributed by atoms with E-state index in [0.29, 0.717) is 11.6 Å². The molecule has 0 spiro atoms. The average molecular weight is 455 g/mol. The number of halogens is 3. The van der Waals surface area contributed by atoms with Gasteiger partial charge in [0, 0.05) is 18.3 Å². The molecule has 172 valence electrons. The van der Waals surface area contributed by atoms with Crippen molar-refractivity contribution in [3.8, 4) is 11.3 Å². The molecule has 1 fully saturated rings. The zero-order valence-corrected chi connectivity index (χ0v) is 18.0. The van der Waals surface area contributed by atoms with Crippen LogP contribution in [-0.2, 0) is 0 Å². The minimum absolute atomic E-state index is 0.0584. The molecule has 1 aliphatic carbocycles. The quantitative estimate of drug-likeness (QED) is 0.532. The molecule has 0 bridgehead atoms. The SMILES string of the molecule is CC1CC(N)CC(c2ccncc2NC(=O)c2nc(-c3c(F)cccc3F)c(F)cc2N)C1. The molecule has 4 rings (SSSR count).